The summed E-state index contributed by atoms with van der Waals surface area (Å²) in [7, 11) is 0. The van der Waals surface area contributed by atoms with Gasteiger partial charge in [0.25, 0.3) is 12.3 Å². The first-order valence-corrected chi connectivity index (χ1v) is 3.33. The van der Waals surface area contributed by atoms with Crippen LogP contribution < -0.4 is 11.2 Å². The van der Waals surface area contributed by atoms with Crippen molar-refractivity contribution in [3.63, 3.8) is 0 Å². The number of H-pyrrole nitrogens is 1. The second kappa shape index (κ2) is 3.34. The summed E-state index contributed by atoms with van der Waals surface area (Å²) in [6.07, 6.45) is -2.83. The summed E-state index contributed by atoms with van der Waals surface area (Å²) in [4.78, 5) is 23.4. The van der Waals surface area contributed by atoms with E-state index in [4.69, 9.17) is 5.73 Å². The molecule has 0 aromatic carbocycles. The van der Waals surface area contributed by atoms with Crippen LogP contribution in [0, 0.1) is 0 Å². The van der Waals surface area contributed by atoms with Crippen molar-refractivity contribution in [3.05, 3.63) is 33.7 Å². The molecule has 0 saturated heterocycles. The van der Waals surface area contributed by atoms with Gasteiger partial charge < -0.3 is 10.7 Å². The zero-order valence-electron chi connectivity index (χ0n) is 6.38. The van der Waals surface area contributed by atoms with E-state index >= 15 is 0 Å². The van der Waals surface area contributed by atoms with Gasteiger partial charge in [-0.25, -0.2) is 8.78 Å². The number of rotatable bonds is 2. The third-order valence-corrected chi connectivity index (χ3v) is 1.36. The number of alkyl halides is 2. The molecule has 0 aliphatic carbocycles. The van der Waals surface area contributed by atoms with Crippen molar-refractivity contribution in [2.75, 3.05) is 0 Å². The van der Waals surface area contributed by atoms with Gasteiger partial charge in [0.1, 0.15) is 5.69 Å². The summed E-state index contributed by atoms with van der Waals surface area (Å²) in [5.74, 6) is -0.945. The third-order valence-electron chi connectivity index (χ3n) is 1.36. The van der Waals surface area contributed by atoms with Crippen LogP contribution in [-0.4, -0.2) is 10.9 Å². The van der Waals surface area contributed by atoms with Crippen molar-refractivity contribution in [1.29, 1.82) is 0 Å². The molecular formula is C7H6F2N2O2. The minimum absolute atomic E-state index is 0.317. The molecule has 1 amide bonds. The van der Waals surface area contributed by atoms with E-state index in [1.807, 2.05) is 0 Å². The lowest BCUT2D eigenvalue weighted by Crippen LogP contribution is -2.17. The van der Waals surface area contributed by atoms with Crippen LogP contribution in [0.2, 0.25) is 0 Å². The van der Waals surface area contributed by atoms with Gasteiger partial charge in [0, 0.05) is 12.1 Å². The Bertz CT molecular complexity index is 386. The highest BCUT2D eigenvalue weighted by atomic mass is 19.3. The average Bonchev–Trinajstić information content (AvgIpc) is 2.03. The summed E-state index contributed by atoms with van der Waals surface area (Å²) in [6, 6.07) is 1.59. The smallest absolute Gasteiger partial charge is 0.278 e. The first-order chi connectivity index (χ1) is 6.00. The molecule has 0 atom stereocenters. The number of aromatic nitrogens is 1. The molecule has 0 unspecified atom stereocenters. The van der Waals surface area contributed by atoms with Gasteiger partial charge in [0.15, 0.2) is 5.43 Å². The first-order valence-electron chi connectivity index (χ1n) is 3.33. The van der Waals surface area contributed by atoms with E-state index in [-0.39, 0.29) is 5.69 Å². The van der Waals surface area contributed by atoms with E-state index in [0.29, 0.717) is 0 Å². The van der Waals surface area contributed by atoms with Crippen molar-refractivity contribution in [3.8, 4) is 0 Å². The fourth-order valence-electron chi connectivity index (χ4n) is 0.815. The second-order valence-electron chi connectivity index (χ2n) is 2.35. The van der Waals surface area contributed by atoms with E-state index in [1.54, 1.807) is 0 Å². The summed E-state index contributed by atoms with van der Waals surface area (Å²) < 4.78 is 24.1. The van der Waals surface area contributed by atoms with Crippen LogP contribution in [0.4, 0.5) is 8.78 Å². The molecule has 1 heterocycles. The Morgan fingerprint density at radius 2 is 2.08 bits per heavy atom. The van der Waals surface area contributed by atoms with Gasteiger partial charge >= 0.3 is 0 Å². The molecule has 0 radical (unpaired) electrons. The number of nitrogens with two attached hydrogens (primary N) is 1. The van der Waals surface area contributed by atoms with Crippen LogP contribution >= 0.6 is 0 Å². The van der Waals surface area contributed by atoms with E-state index in [1.165, 1.54) is 0 Å². The standard InChI is InChI=1S/C7H6F2N2O2/c8-6(9)4-1-3(12)2-5(11-4)7(10)13/h1-2,6H,(H2,10,13)(H,11,12). The largest absolute Gasteiger partial charge is 0.364 e. The molecule has 0 fully saturated rings. The maximum atomic E-state index is 12.1. The number of nitrogens with one attached hydrogen (secondary N) is 1. The number of hydrogen-bond acceptors (Lipinski definition) is 2. The van der Waals surface area contributed by atoms with Crippen molar-refractivity contribution >= 4 is 5.91 Å². The van der Waals surface area contributed by atoms with Crippen molar-refractivity contribution in [2.45, 2.75) is 6.43 Å². The molecule has 0 spiro atoms. The minimum atomic E-state index is -2.83. The Hall–Kier alpha value is -1.72. The van der Waals surface area contributed by atoms with Gasteiger partial charge in [0.05, 0.1) is 5.69 Å². The number of carbonyl (C=O) groups is 1. The Kier molecular flexibility index (Phi) is 2.41. The van der Waals surface area contributed by atoms with E-state index in [9.17, 15) is 18.4 Å². The van der Waals surface area contributed by atoms with E-state index in [0.717, 1.165) is 12.1 Å². The van der Waals surface area contributed by atoms with Gasteiger partial charge in [-0.1, -0.05) is 0 Å². The van der Waals surface area contributed by atoms with Crippen LogP contribution in [0.5, 0.6) is 0 Å². The fourth-order valence-corrected chi connectivity index (χ4v) is 0.815. The summed E-state index contributed by atoms with van der Waals surface area (Å²) in [6.45, 7) is 0. The quantitative estimate of drug-likeness (QED) is 0.705. The highest BCUT2D eigenvalue weighted by molar-refractivity contribution is 5.90. The predicted molar refractivity (Wildman–Crippen MR) is 40.5 cm³/mol. The topological polar surface area (TPSA) is 76.0 Å². The van der Waals surface area contributed by atoms with Crippen molar-refractivity contribution in [2.24, 2.45) is 5.73 Å². The summed E-state index contributed by atoms with van der Waals surface area (Å²) in [5.41, 5.74) is 3.19. The van der Waals surface area contributed by atoms with E-state index < -0.39 is 23.5 Å². The van der Waals surface area contributed by atoms with Gasteiger partial charge in [-0.15, -0.1) is 0 Å². The van der Waals surface area contributed by atoms with Gasteiger partial charge in [-0.3, -0.25) is 9.59 Å². The Morgan fingerprint density at radius 1 is 1.46 bits per heavy atom. The van der Waals surface area contributed by atoms with Crippen molar-refractivity contribution in [1.82, 2.24) is 4.98 Å². The molecule has 0 bridgehead atoms. The lowest BCUT2D eigenvalue weighted by Gasteiger charge is -2.01. The first kappa shape index (κ1) is 9.37. The highest BCUT2D eigenvalue weighted by Gasteiger charge is 2.11. The van der Waals surface area contributed by atoms with Crippen LogP contribution in [0.3, 0.4) is 0 Å². The summed E-state index contributed by atoms with van der Waals surface area (Å²) >= 11 is 0. The zero-order valence-corrected chi connectivity index (χ0v) is 6.38. The number of hydrogen-bond donors (Lipinski definition) is 2. The highest BCUT2D eigenvalue weighted by Crippen LogP contribution is 2.14. The average molecular weight is 188 g/mol. The molecular weight excluding hydrogens is 182 g/mol. The van der Waals surface area contributed by atoms with Crippen LogP contribution in [-0.2, 0) is 0 Å². The molecule has 70 valence electrons. The molecule has 13 heavy (non-hydrogen) atoms. The minimum Gasteiger partial charge on any atom is -0.364 e. The molecule has 0 aliphatic heterocycles. The molecule has 3 N–H and O–H groups in total. The van der Waals surface area contributed by atoms with Gasteiger partial charge in [-0.2, -0.15) is 0 Å². The van der Waals surface area contributed by atoms with Crippen LogP contribution in [0.15, 0.2) is 16.9 Å². The van der Waals surface area contributed by atoms with Crippen LogP contribution in [0.1, 0.15) is 22.6 Å². The predicted octanol–water partition coefficient (Wildman–Crippen LogP) is 0.411. The molecule has 1 aromatic rings. The number of carbonyl (C=O) groups excluding carboxylic acids is 1. The van der Waals surface area contributed by atoms with Gasteiger partial charge in [-0.05, 0) is 0 Å². The molecule has 4 nitrogen and oxygen atoms in total. The van der Waals surface area contributed by atoms with Gasteiger partial charge in [0.2, 0.25) is 0 Å². The molecule has 1 aromatic heterocycles. The summed E-state index contributed by atoms with van der Waals surface area (Å²) in [5, 5.41) is 0. The zero-order chi connectivity index (χ0) is 10.0. The number of aromatic amines is 1. The van der Waals surface area contributed by atoms with Crippen LogP contribution in [0.25, 0.3) is 0 Å². The molecule has 6 heteroatoms. The monoisotopic (exact) mass is 188 g/mol. The SMILES string of the molecule is NC(=O)c1cc(=O)cc(C(F)F)[nH]1. The lowest BCUT2D eigenvalue weighted by atomic mass is 10.3. The molecule has 0 saturated carbocycles. The number of primary amides is 1. The second-order valence-corrected chi connectivity index (χ2v) is 2.35. The number of pyridine rings is 1. The maximum absolute atomic E-state index is 12.1. The van der Waals surface area contributed by atoms with Crippen molar-refractivity contribution < 1.29 is 13.6 Å². The normalized spacial score (nSPS) is 10.4. The Labute approximate surface area is 71.4 Å². The Balaban J connectivity index is 3.27. The lowest BCUT2D eigenvalue weighted by molar-refractivity contribution is 0.0993. The molecule has 0 aliphatic rings. The fraction of sp³-hybridized carbons (Fsp3) is 0.143. The number of halogens is 2. The maximum Gasteiger partial charge on any atom is 0.278 e. The molecule has 1 rings (SSSR count). The Morgan fingerprint density at radius 3 is 2.54 bits per heavy atom. The van der Waals surface area contributed by atoms with E-state index in [2.05, 4.69) is 4.98 Å². The number of amides is 1. The third kappa shape index (κ3) is 2.11.